The predicted octanol–water partition coefficient (Wildman–Crippen LogP) is 0.981. The van der Waals surface area contributed by atoms with Crippen LogP contribution in [0, 0.1) is 12.3 Å². The normalized spacial score (nSPS) is 16.9. The first-order valence-electron chi connectivity index (χ1n) is 4.97. The van der Waals surface area contributed by atoms with E-state index in [0.29, 0.717) is 13.0 Å². The van der Waals surface area contributed by atoms with Crippen LogP contribution in [0.15, 0.2) is 0 Å². The summed E-state index contributed by atoms with van der Waals surface area (Å²) in [6, 6.07) is 0. The van der Waals surface area contributed by atoms with Crippen molar-refractivity contribution < 1.29 is 9.59 Å². The molecule has 0 bridgehead atoms. The van der Waals surface area contributed by atoms with Gasteiger partial charge in [0.1, 0.15) is 5.78 Å². The van der Waals surface area contributed by atoms with Crippen LogP contribution in [-0.4, -0.2) is 29.7 Å². The summed E-state index contributed by atoms with van der Waals surface area (Å²) < 4.78 is 0. The van der Waals surface area contributed by atoms with Crippen LogP contribution in [0.25, 0.3) is 0 Å². The number of amides is 1. The van der Waals surface area contributed by atoms with Crippen molar-refractivity contribution in [2.45, 2.75) is 32.1 Å². The van der Waals surface area contributed by atoms with Gasteiger partial charge in [0.15, 0.2) is 0 Å². The van der Waals surface area contributed by atoms with E-state index in [0.717, 1.165) is 25.8 Å². The minimum atomic E-state index is -0.0260. The number of nitrogens with zero attached hydrogens (tertiary/aromatic N) is 1. The Morgan fingerprint density at radius 2 is 2.14 bits per heavy atom. The number of carbonyl (C=O) groups excluding carboxylic acids is 2. The molecule has 1 saturated heterocycles. The zero-order valence-corrected chi connectivity index (χ0v) is 8.29. The number of rotatable bonds is 4. The minimum Gasteiger partial charge on any atom is -0.342 e. The molecule has 14 heavy (non-hydrogen) atoms. The average Bonchev–Trinajstić information content (AvgIpc) is 2.15. The van der Waals surface area contributed by atoms with Gasteiger partial charge in [-0.05, 0) is 12.8 Å². The molecular formula is C11H15NO2. The number of Topliss-reactive ketones (excluding diaryl/α,β-unsaturated/α-hetero) is 1. The maximum absolute atomic E-state index is 11.3. The van der Waals surface area contributed by atoms with Crippen molar-refractivity contribution in [3.8, 4) is 12.3 Å². The molecule has 0 spiro atoms. The van der Waals surface area contributed by atoms with Gasteiger partial charge in [-0.2, -0.15) is 0 Å². The second-order valence-electron chi connectivity index (χ2n) is 3.51. The number of hydrogen-bond acceptors (Lipinski definition) is 2. The van der Waals surface area contributed by atoms with Gasteiger partial charge >= 0.3 is 0 Å². The highest BCUT2D eigenvalue weighted by atomic mass is 16.2. The Morgan fingerprint density at radius 3 is 2.79 bits per heavy atom. The summed E-state index contributed by atoms with van der Waals surface area (Å²) in [6.07, 6.45) is 8.38. The van der Waals surface area contributed by atoms with Crippen LogP contribution in [0.2, 0.25) is 0 Å². The van der Waals surface area contributed by atoms with Crippen molar-refractivity contribution in [2.24, 2.45) is 0 Å². The van der Waals surface area contributed by atoms with Gasteiger partial charge in [-0.1, -0.05) is 0 Å². The molecule has 0 unspecified atom stereocenters. The zero-order valence-electron chi connectivity index (χ0n) is 8.29. The monoisotopic (exact) mass is 193 g/mol. The van der Waals surface area contributed by atoms with Crippen LogP contribution in [0.1, 0.15) is 32.1 Å². The molecule has 1 fully saturated rings. The Kier molecular flexibility index (Phi) is 4.18. The van der Waals surface area contributed by atoms with Gasteiger partial charge in [-0.3, -0.25) is 9.59 Å². The largest absolute Gasteiger partial charge is 0.342 e. The lowest BCUT2D eigenvalue weighted by molar-refractivity contribution is -0.139. The van der Waals surface area contributed by atoms with E-state index < -0.39 is 0 Å². The Morgan fingerprint density at radius 1 is 1.36 bits per heavy atom. The summed E-state index contributed by atoms with van der Waals surface area (Å²) in [4.78, 5) is 24.0. The molecule has 0 aliphatic carbocycles. The second-order valence-corrected chi connectivity index (χ2v) is 3.51. The fourth-order valence-electron chi connectivity index (χ4n) is 1.52. The first-order chi connectivity index (χ1) is 6.74. The van der Waals surface area contributed by atoms with Crippen LogP contribution < -0.4 is 0 Å². The van der Waals surface area contributed by atoms with Crippen molar-refractivity contribution in [3.05, 3.63) is 0 Å². The Labute approximate surface area is 84.5 Å². The Hall–Kier alpha value is -1.30. The Bertz CT molecular complexity index is 265. The smallest absolute Gasteiger partial charge is 0.230 e. The van der Waals surface area contributed by atoms with Crippen molar-refractivity contribution in [1.82, 2.24) is 4.90 Å². The molecule has 3 nitrogen and oxygen atoms in total. The van der Waals surface area contributed by atoms with Gasteiger partial charge in [-0.15, -0.1) is 12.3 Å². The van der Waals surface area contributed by atoms with E-state index in [1.807, 2.05) is 0 Å². The highest BCUT2D eigenvalue weighted by molar-refractivity contribution is 6.00. The van der Waals surface area contributed by atoms with E-state index in [1.165, 1.54) is 0 Å². The van der Waals surface area contributed by atoms with Crippen molar-refractivity contribution in [3.63, 3.8) is 0 Å². The van der Waals surface area contributed by atoms with Gasteiger partial charge in [0, 0.05) is 25.9 Å². The van der Waals surface area contributed by atoms with Crippen molar-refractivity contribution in [2.75, 3.05) is 13.1 Å². The molecule has 0 saturated carbocycles. The molecular weight excluding hydrogens is 178 g/mol. The second kappa shape index (κ2) is 5.43. The van der Waals surface area contributed by atoms with Crippen LogP contribution in [0.3, 0.4) is 0 Å². The zero-order chi connectivity index (χ0) is 10.4. The first kappa shape index (κ1) is 10.8. The van der Waals surface area contributed by atoms with Crippen molar-refractivity contribution >= 4 is 11.7 Å². The van der Waals surface area contributed by atoms with Gasteiger partial charge < -0.3 is 4.90 Å². The number of likely N-dealkylation sites (tertiary alicyclic amines) is 1. The third-order valence-corrected chi connectivity index (χ3v) is 2.36. The molecule has 3 heteroatoms. The first-order valence-corrected chi connectivity index (χ1v) is 4.97. The van der Waals surface area contributed by atoms with Crippen molar-refractivity contribution in [1.29, 1.82) is 0 Å². The molecule has 0 aromatic carbocycles. The van der Waals surface area contributed by atoms with E-state index >= 15 is 0 Å². The number of hydrogen-bond donors (Lipinski definition) is 0. The summed E-state index contributed by atoms with van der Waals surface area (Å²) in [7, 11) is 0. The summed E-state index contributed by atoms with van der Waals surface area (Å²) in [6.45, 7) is 1.33. The maximum atomic E-state index is 11.3. The van der Waals surface area contributed by atoms with Gasteiger partial charge in [0.2, 0.25) is 5.91 Å². The summed E-state index contributed by atoms with van der Waals surface area (Å²) in [5.74, 6) is 2.60. The molecule has 0 aromatic rings. The minimum absolute atomic E-state index is 0.0260. The van der Waals surface area contributed by atoms with E-state index in [2.05, 4.69) is 5.92 Å². The molecule has 0 aromatic heterocycles. The molecule has 0 radical (unpaired) electrons. The lowest BCUT2D eigenvalue weighted by Crippen LogP contribution is -2.39. The Balaban J connectivity index is 2.21. The van der Waals surface area contributed by atoms with Crippen LogP contribution in [0.4, 0.5) is 0 Å². The molecule has 1 rings (SSSR count). The van der Waals surface area contributed by atoms with Crippen LogP contribution in [-0.2, 0) is 9.59 Å². The molecule has 0 N–H and O–H groups in total. The molecule has 1 amide bonds. The molecule has 76 valence electrons. The van der Waals surface area contributed by atoms with E-state index in [-0.39, 0.29) is 18.1 Å². The third kappa shape index (κ3) is 3.21. The van der Waals surface area contributed by atoms with E-state index in [9.17, 15) is 9.59 Å². The predicted molar refractivity (Wildman–Crippen MR) is 53.5 cm³/mol. The topological polar surface area (TPSA) is 37.4 Å². The molecule has 1 aliphatic heterocycles. The average molecular weight is 193 g/mol. The molecule has 1 heterocycles. The maximum Gasteiger partial charge on any atom is 0.230 e. The van der Waals surface area contributed by atoms with E-state index in [4.69, 9.17) is 6.42 Å². The number of terminal acetylenes is 1. The number of piperidine rings is 1. The molecule has 0 atom stereocenters. The summed E-state index contributed by atoms with van der Waals surface area (Å²) in [5, 5.41) is 0. The lowest BCUT2D eigenvalue weighted by atomic mass is 10.1. The van der Waals surface area contributed by atoms with Crippen LogP contribution in [0.5, 0.6) is 0 Å². The number of unbranched alkanes of at least 4 members (excludes halogenated alkanes) is 2. The summed E-state index contributed by atoms with van der Waals surface area (Å²) in [5.41, 5.74) is 0. The standard InChI is InChI=1S/C11H15NO2/c1-2-3-4-5-7-12-8-6-10(13)9-11(12)14/h1H,3-9H2. The van der Waals surface area contributed by atoms with Gasteiger partial charge in [0.25, 0.3) is 0 Å². The molecule has 1 aliphatic rings. The number of ketones is 1. The quantitative estimate of drug-likeness (QED) is 0.379. The fraction of sp³-hybridized carbons (Fsp3) is 0.636. The number of carbonyl (C=O) groups is 2. The van der Waals surface area contributed by atoms with E-state index in [1.54, 1.807) is 4.90 Å². The highest BCUT2D eigenvalue weighted by Crippen LogP contribution is 2.08. The van der Waals surface area contributed by atoms with Gasteiger partial charge in [0.05, 0.1) is 6.42 Å². The third-order valence-electron chi connectivity index (χ3n) is 2.36. The van der Waals surface area contributed by atoms with Gasteiger partial charge in [-0.25, -0.2) is 0 Å². The highest BCUT2D eigenvalue weighted by Gasteiger charge is 2.22. The SMILES string of the molecule is C#CCCCCN1CCC(=O)CC1=O. The van der Waals surface area contributed by atoms with Crippen LogP contribution >= 0.6 is 0 Å². The fourth-order valence-corrected chi connectivity index (χ4v) is 1.52. The summed E-state index contributed by atoms with van der Waals surface area (Å²) >= 11 is 0. The lowest BCUT2D eigenvalue weighted by Gasteiger charge is -2.25.